The van der Waals surface area contributed by atoms with E-state index in [1.807, 2.05) is 0 Å². The molecule has 2 amide bonds. The fraction of sp³-hybridized carbons (Fsp3) is 0. The first-order chi connectivity index (χ1) is 15.2. The second-order valence-electron chi connectivity index (χ2n) is 6.38. The van der Waals surface area contributed by atoms with Crippen molar-refractivity contribution >= 4 is 57.8 Å². The number of benzene rings is 3. The molecule has 0 spiro atoms. The van der Waals surface area contributed by atoms with Crippen LogP contribution in [0.1, 0.15) is 20.7 Å². The fourth-order valence-corrected chi connectivity index (χ4v) is 2.98. The van der Waals surface area contributed by atoms with Crippen LogP contribution < -0.4 is 16.0 Å². The second kappa shape index (κ2) is 9.94. The van der Waals surface area contributed by atoms with E-state index in [4.69, 9.17) is 23.8 Å². The van der Waals surface area contributed by atoms with E-state index in [0.29, 0.717) is 11.4 Å². The molecule has 0 unspecified atom stereocenters. The molecule has 0 aromatic heterocycles. The van der Waals surface area contributed by atoms with Gasteiger partial charge in [-0.3, -0.25) is 25.0 Å². The molecule has 0 aliphatic carbocycles. The quantitative estimate of drug-likeness (QED) is 0.280. The molecule has 162 valence electrons. The number of rotatable bonds is 5. The summed E-state index contributed by atoms with van der Waals surface area (Å²) in [5, 5.41) is 18.4. The van der Waals surface area contributed by atoms with Crippen LogP contribution in [0.4, 0.5) is 21.5 Å². The molecule has 0 atom stereocenters. The number of nitrogens with zero attached hydrogens (tertiary/aromatic N) is 1. The molecule has 3 N–H and O–H groups in total. The van der Waals surface area contributed by atoms with Crippen molar-refractivity contribution in [1.29, 1.82) is 0 Å². The first kappa shape index (κ1) is 22.8. The summed E-state index contributed by atoms with van der Waals surface area (Å²) in [7, 11) is 0. The maximum atomic E-state index is 13.3. The Hall–Kier alpha value is -3.89. The molecule has 8 nitrogen and oxygen atoms in total. The van der Waals surface area contributed by atoms with Crippen molar-refractivity contribution in [3.63, 3.8) is 0 Å². The van der Waals surface area contributed by atoms with Gasteiger partial charge in [0.1, 0.15) is 5.82 Å². The molecular formula is C21H14ClFN4O4S. The van der Waals surface area contributed by atoms with Gasteiger partial charge in [-0.05, 0) is 60.7 Å². The van der Waals surface area contributed by atoms with Gasteiger partial charge in [-0.1, -0.05) is 17.7 Å². The molecule has 11 heteroatoms. The van der Waals surface area contributed by atoms with Gasteiger partial charge in [0.15, 0.2) is 5.11 Å². The van der Waals surface area contributed by atoms with Gasteiger partial charge >= 0.3 is 0 Å². The van der Waals surface area contributed by atoms with E-state index in [-0.39, 0.29) is 26.9 Å². The smallest absolute Gasteiger partial charge is 0.269 e. The van der Waals surface area contributed by atoms with Crippen LogP contribution in [0.15, 0.2) is 66.7 Å². The van der Waals surface area contributed by atoms with Crippen LogP contribution >= 0.6 is 23.8 Å². The lowest BCUT2D eigenvalue weighted by atomic mass is 10.2. The number of non-ortho nitro benzene ring substituents is 1. The predicted molar refractivity (Wildman–Crippen MR) is 123 cm³/mol. The number of nitro benzene ring substituents is 1. The summed E-state index contributed by atoms with van der Waals surface area (Å²) in [6.45, 7) is 0. The van der Waals surface area contributed by atoms with Crippen molar-refractivity contribution in [2.75, 3.05) is 10.6 Å². The van der Waals surface area contributed by atoms with Crippen LogP contribution in [-0.4, -0.2) is 21.9 Å². The van der Waals surface area contributed by atoms with Gasteiger partial charge in [0.05, 0.1) is 9.95 Å². The Morgan fingerprint density at radius 2 is 1.59 bits per heavy atom. The highest BCUT2D eigenvalue weighted by Crippen LogP contribution is 2.20. The number of hydrogen-bond donors (Lipinski definition) is 3. The van der Waals surface area contributed by atoms with Crippen LogP contribution in [0.3, 0.4) is 0 Å². The molecule has 0 bridgehead atoms. The zero-order chi connectivity index (χ0) is 23.3. The zero-order valence-corrected chi connectivity index (χ0v) is 17.7. The van der Waals surface area contributed by atoms with Crippen molar-refractivity contribution in [2.24, 2.45) is 0 Å². The highest BCUT2D eigenvalue weighted by atomic mass is 35.5. The molecule has 0 radical (unpaired) electrons. The Bertz CT molecular complexity index is 1220. The van der Waals surface area contributed by atoms with Gasteiger partial charge in [0.2, 0.25) is 0 Å². The SMILES string of the molecule is O=C(NC(=S)Nc1cccc(C(=O)Nc2ccc(F)c(Cl)c2)c1)c1ccc([N+](=O)[O-])cc1. The summed E-state index contributed by atoms with van der Waals surface area (Å²) in [5.41, 5.74) is 1.08. The standard InChI is InChI=1S/C21H14ClFN4O4S/c22-17-11-15(6-9-18(17)23)24-20(29)13-2-1-3-14(10-13)25-21(32)26-19(28)12-4-7-16(8-5-12)27(30)31/h1-11H,(H,24,29)(H2,25,26,28,32). The van der Waals surface area contributed by atoms with E-state index < -0.39 is 22.6 Å². The minimum atomic E-state index is -0.597. The van der Waals surface area contributed by atoms with Gasteiger partial charge < -0.3 is 10.6 Å². The topological polar surface area (TPSA) is 113 Å². The van der Waals surface area contributed by atoms with Crippen molar-refractivity contribution in [3.8, 4) is 0 Å². The predicted octanol–water partition coefficient (Wildman–Crippen LogP) is 4.77. The summed E-state index contributed by atoms with van der Waals surface area (Å²) in [6, 6.07) is 15.2. The van der Waals surface area contributed by atoms with Crippen LogP contribution in [0.2, 0.25) is 5.02 Å². The fourth-order valence-electron chi connectivity index (χ4n) is 2.59. The first-order valence-electron chi connectivity index (χ1n) is 8.96. The number of carbonyl (C=O) groups is 2. The van der Waals surface area contributed by atoms with Gasteiger partial charge in [0.25, 0.3) is 17.5 Å². The summed E-state index contributed by atoms with van der Waals surface area (Å²) >= 11 is 10.8. The summed E-state index contributed by atoms with van der Waals surface area (Å²) in [5.74, 6) is -1.61. The summed E-state index contributed by atoms with van der Waals surface area (Å²) < 4.78 is 13.3. The summed E-state index contributed by atoms with van der Waals surface area (Å²) in [4.78, 5) is 34.8. The second-order valence-corrected chi connectivity index (χ2v) is 7.19. The van der Waals surface area contributed by atoms with E-state index in [9.17, 15) is 24.1 Å². The number of nitrogens with one attached hydrogen (secondary N) is 3. The zero-order valence-electron chi connectivity index (χ0n) is 16.1. The number of amides is 2. The molecule has 3 aromatic carbocycles. The molecular weight excluding hydrogens is 459 g/mol. The Balaban J connectivity index is 1.62. The molecule has 3 rings (SSSR count). The third kappa shape index (κ3) is 5.84. The third-order valence-corrected chi connectivity index (χ3v) is 4.62. The number of anilines is 2. The normalized spacial score (nSPS) is 10.2. The molecule has 0 saturated heterocycles. The molecule has 0 saturated carbocycles. The Kier molecular flexibility index (Phi) is 7.08. The average Bonchev–Trinajstić information content (AvgIpc) is 2.76. The number of thiocarbonyl (C=S) groups is 1. The number of nitro groups is 1. The number of halogens is 2. The Morgan fingerprint density at radius 3 is 2.25 bits per heavy atom. The van der Waals surface area contributed by atoms with E-state index in [1.54, 1.807) is 18.2 Å². The molecule has 0 heterocycles. The van der Waals surface area contributed by atoms with E-state index in [2.05, 4.69) is 16.0 Å². The lowest BCUT2D eigenvalue weighted by Crippen LogP contribution is -2.34. The largest absolute Gasteiger partial charge is 0.332 e. The Labute approximate surface area is 191 Å². The highest BCUT2D eigenvalue weighted by Gasteiger charge is 2.12. The lowest BCUT2D eigenvalue weighted by molar-refractivity contribution is -0.384. The highest BCUT2D eigenvalue weighted by molar-refractivity contribution is 7.80. The van der Waals surface area contributed by atoms with Crippen LogP contribution in [0.25, 0.3) is 0 Å². The maximum absolute atomic E-state index is 13.3. The van der Waals surface area contributed by atoms with Gasteiger partial charge in [0, 0.05) is 34.6 Å². The number of hydrogen-bond acceptors (Lipinski definition) is 5. The lowest BCUT2D eigenvalue weighted by Gasteiger charge is -2.11. The first-order valence-corrected chi connectivity index (χ1v) is 9.75. The van der Waals surface area contributed by atoms with Crippen molar-refractivity contribution in [2.45, 2.75) is 0 Å². The van der Waals surface area contributed by atoms with Crippen molar-refractivity contribution in [1.82, 2.24) is 5.32 Å². The monoisotopic (exact) mass is 472 g/mol. The van der Waals surface area contributed by atoms with Gasteiger partial charge in [-0.15, -0.1) is 0 Å². The van der Waals surface area contributed by atoms with E-state index in [1.165, 1.54) is 42.5 Å². The maximum Gasteiger partial charge on any atom is 0.269 e. The number of carbonyl (C=O) groups excluding carboxylic acids is 2. The van der Waals surface area contributed by atoms with Gasteiger partial charge in [-0.2, -0.15) is 0 Å². The van der Waals surface area contributed by atoms with E-state index in [0.717, 1.165) is 6.07 Å². The van der Waals surface area contributed by atoms with Crippen molar-refractivity contribution < 1.29 is 18.9 Å². The minimum Gasteiger partial charge on any atom is -0.332 e. The van der Waals surface area contributed by atoms with Crippen LogP contribution in [0, 0.1) is 15.9 Å². The Morgan fingerprint density at radius 1 is 0.906 bits per heavy atom. The molecule has 0 aliphatic rings. The average molecular weight is 473 g/mol. The van der Waals surface area contributed by atoms with Crippen molar-refractivity contribution in [3.05, 3.63) is 98.8 Å². The molecule has 0 aliphatic heterocycles. The van der Waals surface area contributed by atoms with E-state index >= 15 is 0 Å². The summed E-state index contributed by atoms with van der Waals surface area (Å²) in [6.07, 6.45) is 0. The third-order valence-electron chi connectivity index (χ3n) is 4.13. The van der Waals surface area contributed by atoms with Crippen LogP contribution in [-0.2, 0) is 0 Å². The van der Waals surface area contributed by atoms with Crippen LogP contribution in [0.5, 0.6) is 0 Å². The molecule has 32 heavy (non-hydrogen) atoms. The molecule has 3 aromatic rings. The molecule has 0 fully saturated rings. The minimum absolute atomic E-state index is 0.0313. The van der Waals surface area contributed by atoms with Gasteiger partial charge in [-0.25, -0.2) is 4.39 Å².